The predicted octanol–water partition coefficient (Wildman–Crippen LogP) is 5.00. The van der Waals surface area contributed by atoms with Gasteiger partial charge in [-0.05, 0) is 54.8 Å². The van der Waals surface area contributed by atoms with Crippen LogP contribution in [0.4, 0.5) is 0 Å². The summed E-state index contributed by atoms with van der Waals surface area (Å²) in [4.78, 5) is 27.3. The molecule has 3 rings (SSSR count). The zero-order valence-electron chi connectivity index (χ0n) is 18.6. The fourth-order valence-corrected chi connectivity index (χ4v) is 4.18. The summed E-state index contributed by atoms with van der Waals surface area (Å²) in [6.45, 7) is 5.12. The minimum absolute atomic E-state index is 0.0725. The zero-order chi connectivity index (χ0) is 23.3. The van der Waals surface area contributed by atoms with E-state index >= 15 is 0 Å². The van der Waals surface area contributed by atoms with Crippen LogP contribution in [0.1, 0.15) is 42.5 Å². The number of unbranched alkanes of at least 4 members (excludes halogenated alkanes) is 1. The molecule has 0 spiro atoms. The molecular weight excluding hydrogens is 474 g/mol. The van der Waals surface area contributed by atoms with E-state index in [9.17, 15) is 14.7 Å². The van der Waals surface area contributed by atoms with Crippen molar-refractivity contribution < 1.29 is 24.2 Å². The Labute approximate surface area is 197 Å². The van der Waals surface area contributed by atoms with Crippen LogP contribution in [0.3, 0.4) is 0 Å². The molecule has 1 amide bonds. The summed E-state index contributed by atoms with van der Waals surface area (Å²) < 4.78 is 11.7. The third kappa shape index (κ3) is 5.05. The lowest BCUT2D eigenvalue weighted by atomic mass is 9.95. The van der Waals surface area contributed by atoms with Gasteiger partial charge in [-0.3, -0.25) is 9.59 Å². The highest BCUT2D eigenvalue weighted by atomic mass is 79.9. The number of rotatable bonds is 9. The molecule has 2 aromatic carbocycles. The normalized spacial score (nSPS) is 17.8. The molecule has 1 heterocycles. The van der Waals surface area contributed by atoms with Gasteiger partial charge in [-0.25, -0.2) is 0 Å². The first-order chi connectivity index (χ1) is 15.4. The molecule has 6 nitrogen and oxygen atoms in total. The van der Waals surface area contributed by atoms with Crippen molar-refractivity contribution in [3.63, 3.8) is 0 Å². The Hall–Kier alpha value is -2.64. The van der Waals surface area contributed by atoms with Crippen LogP contribution in [-0.4, -0.2) is 48.6 Å². The average Bonchev–Trinajstić information content (AvgIpc) is 3.03. The highest BCUT2D eigenvalue weighted by Crippen LogP contribution is 2.40. The van der Waals surface area contributed by atoms with Gasteiger partial charge in [0, 0.05) is 23.7 Å². The average molecular weight is 502 g/mol. The second-order valence-electron chi connectivity index (χ2n) is 7.72. The number of amides is 1. The number of hydrogen-bond acceptors (Lipinski definition) is 5. The zero-order valence-corrected chi connectivity index (χ0v) is 20.1. The first-order valence-electron chi connectivity index (χ1n) is 10.7. The molecule has 0 aliphatic carbocycles. The van der Waals surface area contributed by atoms with Crippen LogP contribution in [-0.2, 0) is 14.3 Å². The van der Waals surface area contributed by atoms with Crippen molar-refractivity contribution >= 4 is 33.4 Å². The molecule has 0 saturated carbocycles. The Morgan fingerprint density at radius 3 is 2.59 bits per heavy atom. The maximum atomic E-state index is 13.0. The summed E-state index contributed by atoms with van der Waals surface area (Å²) in [5.41, 5.74) is 2.11. The van der Waals surface area contributed by atoms with Gasteiger partial charge in [0.15, 0.2) is 0 Å². The van der Waals surface area contributed by atoms with Crippen molar-refractivity contribution in [1.82, 2.24) is 4.90 Å². The van der Waals surface area contributed by atoms with Gasteiger partial charge < -0.3 is 19.5 Å². The fourth-order valence-electron chi connectivity index (χ4n) is 3.76. The smallest absolute Gasteiger partial charge is 0.295 e. The van der Waals surface area contributed by atoms with Crippen LogP contribution in [0.25, 0.3) is 5.76 Å². The maximum Gasteiger partial charge on any atom is 0.295 e. The number of hydrogen-bond donors (Lipinski definition) is 1. The Morgan fingerprint density at radius 2 is 1.94 bits per heavy atom. The summed E-state index contributed by atoms with van der Waals surface area (Å²) in [6, 6.07) is 12.0. The minimum atomic E-state index is -0.705. The number of aryl methyl sites for hydroxylation is 1. The van der Waals surface area contributed by atoms with E-state index in [0.29, 0.717) is 12.2 Å². The molecule has 0 unspecified atom stereocenters. The number of aliphatic hydroxyl groups is 1. The topological polar surface area (TPSA) is 76.1 Å². The molecule has 1 aliphatic rings. The Balaban J connectivity index is 2.06. The Morgan fingerprint density at radius 1 is 1.16 bits per heavy atom. The molecule has 0 radical (unpaired) electrons. The van der Waals surface area contributed by atoms with Gasteiger partial charge in [0.1, 0.15) is 11.5 Å². The van der Waals surface area contributed by atoms with Crippen LogP contribution in [0, 0.1) is 6.92 Å². The number of ketones is 1. The lowest BCUT2D eigenvalue weighted by Gasteiger charge is -2.25. The molecule has 32 heavy (non-hydrogen) atoms. The first kappa shape index (κ1) is 24.0. The van der Waals surface area contributed by atoms with Crippen molar-refractivity contribution in [3.8, 4) is 5.75 Å². The molecule has 0 bridgehead atoms. The summed E-state index contributed by atoms with van der Waals surface area (Å²) in [7, 11) is 1.54. The summed E-state index contributed by atoms with van der Waals surface area (Å²) in [6.07, 6.45) is 2.00. The summed E-state index contributed by atoms with van der Waals surface area (Å²) in [5, 5.41) is 11.2. The highest BCUT2D eigenvalue weighted by molar-refractivity contribution is 9.10. The third-order valence-electron chi connectivity index (χ3n) is 5.44. The van der Waals surface area contributed by atoms with Crippen LogP contribution >= 0.6 is 15.9 Å². The quantitative estimate of drug-likeness (QED) is 0.226. The number of carbonyl (C=O) groups is 2. The molecule has 1 saturated heterocycles. The highest BCUT2D eigenvalue weighted by Gasteiger charge is 2.45. The first-order valence-corrected chi connectivity index (χ1v) is 11.4. The van der Waals surface area contributed by atoms with E-state index in [-0.39, 0.29) is 24.5 Å². The molecule has 1 atom stereocenters. The number of likely N-dealkylation sites (tertiary alicyclic amines) is 1. The minimum Gasteiger partial charge on any atom is -0.507 e. The SMILES string of the molecule is CCCCOc1ccc(C(O)=C2C(=O)C(=O)N(CCOC)[C@@H]2c2cccc(Br)c2)cc1C. The number of nitrogens with zero attached hydrogens (tertiary/aromatic N) is 1. The number of benzene rings is 2. The fraction of sp³-hybridized carbons (Fsp3) is 0.360. The summed E-state index contributed by atoms with van der Waals surface area (Å²) >= 11 is 3.45. The van der Waals surface area contributed by atoms with Crippen molar-refractivity contribution in [3.05, 3.63) is 69.2 Å². The van der Waals surface area contributed by atoms with Crippen molar-refractivity contribution in [1.29, 1.82) is 0 Å². The number of Topliss-reactive ketones (excluding diaryl/α,β-unsaturated/α-hetero) is 1. The summed E-state index contributed by atoms with van der Waals surface area (Å²) in [5.74, 6) is -0.815. The number of methoxy groups -OCH3 is 1. The Bertz CT molecular complexity index is 1030. The van der Waals surface area contributed by atoms with E-state index in [1.165, 1.54) is 12.0 Å². The second kappa shape index (κ2) is 10.8. The van der Waals surface area contributed by atoms with Gasteiger partial charge >= 0.3 is 0 Å². The van der Waals surface area contributed by atoms with Crippen LogP contribution in [0.2, 0.25) is 0 Å². The number of carbonyl (C=O) groups excluding carboxylic acids is 2. The van der Waals surface area contributed by atoms with E-state index < -0.39 is 17.7 Å². The molecule has 2 aromatic rings. The molecule has 170 valence electrons. The lowest BCUT2D eigenvalue weighted by Crippen LogP contribution is -2.32. The maximum absolute atomic E-state index is 13.0. The monoisotopic (exact) mass is 501 g/mol. The number of halogens is 1. The van der Waals surface area contributed by atoms with Crippen LogP contribution in [0.5, 0.6) is 5.75 Å². The van der Waals surface area contributed by atoms with E-state index in [2.05, 4.69) is 22.9 Å². The number of aliphatic hydroxyl groups excluding tert-OH is 1. The van der Waals surface area contributed by atoms with Gasteiger partial charge in [0.25, 0.3) is 11.7 Å². The number of ether oxygens (including phenoxy) is 2. The van der Waals surface area contributed by atoms with Crippen molar-refractivity contribution in [2.24, 2.45) is 0 Å². The molecule has 0 aromatic heterocycles. The predicted molar refractivity (Wildman–Crippen MR) is 127 cm³/mol. The standard InChI is InChI=1S/C25H28BrNO5/c1-4-5-12-32-20-10-9-18(14-16(20)2)23(28)21-22(17-7-6-8-19(26)15-17)27(11-13-31-3)25(30)24(21)29/h6-10,14-15,22,28H,4-5,11-13H2,1-3H3/t22-/m1/s1. The van der Waals surface area contributed by atoms with Gasteiger partial charge in [-0.15, -0.1) is 0 Å². The van der Waals surface area contributed by atoms with Gasteiger partial charge in [0.2, 0.25) is 0 Å². The largest absolute Gasteiger partial charge is 0.507 e. The van der Waals surface area contributed by atoms with Crippen molar-refractivity contribution in [2.45, 2.75) is 32.7 Å². The van der Waals surface area contributed by atoms with E-state index in [1.54, 1.807) is 18.2 Å². The van der Waals surface area contributed by atoms with E-state index in [1.807, 2.05) is 31.2 Å². The third-order valence-corrected chi connectivity index (χ3v) is 5.94. The van der Waals surface area contributed by atoms with Crippen LogP contribution < -0.4 is 4.74 Å². The van der Waals surface area contributed by atoms with Crippen molar-refractivity contribution in [2.75, 3.05) is 26.9 Å². The van der Waals surface area contributed by atoms with E-state index in [0.717, 1.165) is 34.2 Å². The molecular formula is C25H28BrNO5. The lowest BCUT2D eigenvalue weighted by molar-refractivity contribution is -0.140. The van der Waals surface area contributed by atoms with Gasteiger partial charge in [-0.2, -0.15) is 0 Å². The molecule has 7 heteroatoms. The molecule has 1 fully saturated rings. The van der Waals surface area contributed by atoms with Gasteiger partial charge in [-0.1, -0.05) is 41.4 Å². The molecule has 1 N–H and O–H groups in total. The molecule has 1 aliphatic heterocycles. The van der Waals surface area contributed by atoms with Gasteiger partial charge in [0.05, 0.1) is 24.8 Å². The Kier molecular flexibility index (Phi) is 8.10. The van der Waals surface area contributed by atoms with E-state index in [4.69, 9.17) is 9.47 Å². The second-order valence-corrected chi connectivity index (χ2v) is 8.64. The van der Waals surface area contributed by atoms with Crippen LogP contribution in [0.15, 0.2) is 52.5 Å².